The lowest BCUT2D eigenvalue weighted by atomic mass is 10.1. The minimum absolute atomic E-state index is 0. The van der Waals surface area contributed by atoms with Crippen LogP contribution in [-0.2, 0) is 4.79 Å². The van der Waals surface area contributed by atoms with Gasteiger partial charge in [0.25, 0.3) is 0 Å². The van der Waals surface area contributed by atoms with Crippen LogP contribution in [0.25, 0.3) is 0 Å². The molecule has 0 spiro atoms. The van der Waals surface area contributed by atoms with Crippen LogP contribution in [0.2, 0.25) is 0 Å². The summed E-state index contributed by atoms with van der Waals surface area (Å²) >= 11 is 3.41. The van der Waals surface area contributed by atoms with Crippen molar-refractivity contribution in [2.45, 2.75) is 32.6 Å². The first-order chi connectivity index (χ1) is 10.6. The lowest BCUT2D eigenvalue weighted by Crippen LogP contribution is -2.41. The maximum atomic E-state index is 12.0. The van der Waals surface area contributed by atoms with E-state index in [0.717, 1.165) is 28.8 Å². The average molecular weight is 495 g/mol. The zero-order valence-corrected chi connectivity index (χ0v) is 17.3. The van der Waals surface area contributed by atoms with Crippen molar-refractivity contribution in [3.8, 4) is 0 Å². The molecule has 2 rings (SSSR count). The molecule has 0 radical (unpaired) electrons. The Morgan fingerprint density at radius 3 is 2.74 bits per heavy atom. The second-order valence-corrected chi connectivity index (χ2v) is 6.46. The van der Waals surface area contributed by atoms with E-state index in [4.69, 9.17) is 5.73 Å². The maximum absolute atomic E-state index is 12.0. The van der Waals surface area contributed by atoms with Gasteiger partial charge in [0.05, 0.1) is 6.54 Å². The molecule has 5 nitrogen and oxygen atoms in total. The van der Waals surface area contributed by atoms with E-state index in [9.17, 15) is 4.79 Å². The summed E-state index contributed by atoms with van der Waals surface area (Å²) in [4.78, 5) is 18.4. The molecule has 1 aliphatic heterocycles. The molecule has 1 aromatic rings. The number of aryl methyl sites for hydroxylation is 1. The van der Waals surface area contributed by atoms with E-state index in [1.54, 1.807) is 0 Å². The minimum Gasteiger partial charge on any atom is -0.370 e. The van der Waals surface area contributed by atoms with Gasteiger partial charge in [-0.25, -0.2) is 0 Å². The largest absolute Gasteiger partial charge is 0.370 e. The highest BCUT2D eigenvalue weighted by atomic mass is 127. The van der Waals surface area contributed by atoms with Crippen molar-refractivity contribution in [1.82, 2.24) is 4.90 Å². The predicted octanol–water partition coefficient (Wildman–Crippen LogP) is 3.50. The Balaban J connectivity index is 0.00000264. The van der Waals surface area contributed by atoms with Gasteiger partial charge in [-0.1, -0.05) is 22.0 Å². The predicted molar refractivity (Wildman–Crippen MR) is 109 cm³/mol. The number of carbonyl (C=O) groups is 1. The summed E-state index contributed by atoms with van der Waals surface area (Å²) in [7, 11) is 0. The fraction of sp³-hybridized carbons (Fsp3) is 0.500. The molecule has 0 saturated carbocycles. The highest BCUT2D eigenvalue weighted by Gasteiger charge is 2.12. The van der Waals surface area contributed by atoms with Gasteiger partial charge < -0.3 is 16.0 Å². The summed E-state index contributed by atoms with van der Waals surface area (Å²) in [5, 5.41) is 2.91. The normalized spacial score (nSPS) is 15.0. The molecule has 0 unspecified atom stereocenters. The number of guanidine groups is 1. The van der Waals surface area contributed by atoms with E-state index in [2.05, 4.69) is 31.1 Å². The number of anilines is 1. The number of nitrogens with two attached hydrogens (primary N) is 1. The number of amides is 1. The second-order valence-electron chi connectivity index (χ2n) is 5.55. The Bertz CT molecular complexity index is 559. The quantitative estimate of drug-likeness (QED) is 0.382. The van der Waals surface area contributed by atoms with Gasteiger partial charge in [-0.15, -0.1) is 24.0 Å². The lowest BCUT2D eigenvalue weighted by Gasteiger charge is -2.27. The van der Waals surface area contributed by atoms with Crippen LogP contribution in [0.15, 0.2) is 27.7 Å². The van der Waals surface area contributed by atoms with E-state index in [1.807, 2.05) is 25.1 Å². The van der Waals surface area contributed by atoms with Crippen molar-refractivity contribution in [2.24, 2.45) is 10.7 Å². The van der Waals surface area contributed by atoms with Crippen molar-refractivity contribution in [1.29, 1.82) is 0 Å². The molecule has 1 fully saturated rings. The molecule has 0 bridgehead atoms. The van der Waals surface area contributed by atoms with Crippen molar-refractivity contribution >= 4 is 57.5 Å². The molecule has 23 heavy (non-hydrogen) atoms. The number of likely N-dealkylation sites (tertiary alicyclic amines) is 1. The number of hydrogen-bond donors (Lipinski definition) is 2. The first-order valence-electron chi connectivity index (χ1n) is 7.67. The third kappa shape index (κ3) is 6.66. The van der Waals surface area contributed by atoms with Crippen molar-refractivity contribution in [3.05, 3.63) is 28.2 Å². The molecule has 1 heterocycles. The number of benzene rings is 1. The van der Waals surface area contributed by atoms with Gasteiger partial charge >= 0.3 is 0 Å². The van der Waals surface area contributed by atoms with Crippen molar-refractivity contribution in [3.63, 3.8) is 0 Å². The average Bonchev–Trinajstić information content (AvgIpc) is 2.51. The summed E-state index contributed by atoms with van der Waals surface area (Å²) < 4.78 is 0.945. The molecular formula is C16H24BrIN4O. The number of halogens is 2. The zero-order chi connectivity index (χ0) is 15.9. The van der Waals surface area contributed by atoms with Gasteiger partial charge in [0, 0.05) is 29.7 Å². The monoisotopic (exact) mass is 494 g/mol. The van der Waals surface area contributed by atoms with E-state index in [1.165, 1.54) is 19.3 Å². The summed E-state index contributed by atoms with van der Waals surface area (Å²) in [5.41, 5.74) is 7.83. The Kier molecular flexibility index (Phi) is 8.90. The Hall–Kier alpha value is -0.830. The molecular weight excluding hydrogens is 471 g/mol. The minimum atomic E-state index is -0.0450. The summed E-state index contributed by atoms with van der Waals surface area (Å²) in [6.45, 7) is 4.33. The summed E-state index contributed by atoms with van der Waals surface area (Å²) in [5.74, 6) is 0.516. The van der Waals surface area contributed by atoms with Gasteiger partial charge in [0.15, 0.2) is 5.96 Å². The van der Waals surface area contributed by atoms with Crippen LogP contribution in [0.5, 0.6) is 0 Å². The first-order valence-corrected chi connectivity index (χ1v) is 8.46. The standard InChI is InChI=1S/C16H23BrN4O.HI/c1-12-5-6-13(17)11-14(12)20-15(22)7-8-19-16(18)21-9-3-2-4-10-21;/h5-6,11H,2-4,7-10H2,1H3,(H2,18,19)(H,20,22);1H. The number of nitrogens with zero attached hydrogens (tertiary/aromatic N) is 2. The van der Waals surface area contributed by atoms with Crippen LogP contribution in [-0.4, -0.2) is 36.4 Å². The zero-order valence-electron chi connectivity index (χ0n) is 13.3. The molecule has 1 amide bonds. The van der Waals surface area contributed by atoms with Gasteiger partial charge in [0.2, 0.25) is 5.91 Å². The molecule has 1 aromatic carbocycles. The maximum Gasteiger partial charge on any atom is 0.226 e. The number of carbonyl (C=O) groups excluding carboxylic acids is 1. The van der Waals surface area contributed by atoms with E-state index in [-0.39, 0.29) is 29.9 Å². The van der Waals surface area contributed by atoms with Crippen LogP contribution in [0.4, 0.5) is 5.69 Å². The topological polar surface area (TPSA) is 70.7 Å². The van der Waals surface area contributed by atoms with E-state index >= 15 is 0 Å². The van der Waals surface area contributed by atoms with Gasteiger partial charge in [-0.3, -0.25) is 9.79 Å². The fourth-order valence-electron chi connectivity index (χ4n) is 2.44. The molecule has 128 valence electrons. The van der Waals surface area contributed by atoms with Crippen LogP contribution in [0.3, 0.4) is 0 Å². The highest BCUT2D eigenvalue weighted by Crippen LogP contribution is 2.20. The smallest absolute Gasteiger partial charge is 0.226 e. The van der Waals surface area contributed by atoms with Crippen LogP contribution < -0.4 is 11.1 Å². The molecule has 1 saturated heterocycles. The third-order valence-electron chi connectivity index (χ3n) is 3.77. The Labute approximate surface area is 163 Å². The Morgan fingerprint density at radius 1 is 1.35 bits per heavy atom. The van der Waals surface area contributed by atoms with Crippen molar-refractivity contribution < 1.29 is 4.79 Å². The number of piperidine rings is 1. The van der Waals surface area contributed by atoms with Gasteiger partial charge in [-0.2, -0.15) is 0 Å². The lowest BCUT2D eigenvalue weighted by molar-refractivity contribution is -0.116. The van der Waals surface area contributed by atoms with Gasteiger partial charge in [0.1, 0.15) is 0 Å². The Morgan fingerprint density at radius 2 is 2.04 bits per heavy atom. The van der Waals surface area contributed by atoms with E-state index < -0.39 is 0 Å². The number of hydrogen-bond acceptors (Lipinski definition) is 2. The molecule has 3 N–H and O–H groups in total. The van der Waals surface area contributed by atoms with Crippen LogP contribution >= 0.6 is 39.9 Å². The summed E-state index contributed by atoms with van der Waals surface area (Å²) in [6, 6.07) is 5.82. The fourth-order valence-corrected chi connectivity index (χ4v) is 2.80. The third-order valence-corrected chi connectivity index (χ3v) is 4.26. The molecule has 0 aliphatic carbocycles. The molecule has 0 aromatic heterocycles. The van der Waals surface area contributed by atoms with Crippen molar-refractivity contribution in [2.75, 3.05) is 25.0 Å². The van der Waals surface area contributed by atoms with E-state index in [0.29, 0.717) is 18.9 Å². The SMILES string of the molecule is Cc1ccc(Br)cc1NC(=O)CCN=C(N)N1CCCCC1.I. The number of nitrogens with one attached hydrogen (secondary N) is 1. The summed E-state index contributed by atoms with van der Waals surface area (Å²) in [6.07, 6.45) is 3.93. The van der Waals surface area contributed by atoms with Gasteiger partial charge in [-0.05, 0) is 43.9 Å². The second kappa shape index (κ2) is 10.1. The van der Waals surface area contributed by atoms with Crippen LogP contribution in [0.1, 0.15) is 31.2 Å². The number of rotatable bonds is 4. The molecule has 1 aliphatic rings. The van der Waals surface area contributed by atoms with Crippen LogP contribution in [0, 0.1) is 6.92 Å². The number of aliphatic imine (C=N–C) groups is 1. The highest BCUT2D eigenvalue weighted by molar-refractivity contribution is 14.0. The molecule has 7 heteroatoms. The molecule has 0 atom stereocenters. The first kappa shape index (κ1) is 20.2.